The Hall–Kier alpha value is -2.18. The van der Waals surface area contributed by atoms with Crippen molar-refractivity contribution in [2.24, 2.45) is 5.92 Å². The summed E-state index contributed by atoms with van der Waals surface area (Å²) >= 11 is 0. The predicted octanol–water partition coefficient (Wildman–Crippen LogP) is 1.73. The largest absolute Gasteiger partial charge is 0.352 e. The second-order valence-corrected chi connectivity index (χ2v) is 8.23. The maximum Gasteiger partial charge on any atom is 0.237 e. The Morgan fingerprint density at radius 3 is 2.34 bits per heavy atom. The molecule has 2 amide bonds. The number of piperazine rings is 1. The van der Waals surface area contributed by atoms with Gasteiger partial charge < -0.3 is 10.2 Å². The van der Waals surface area contributed by atoms with E-state index in [0.29, 0.717) is 32.1 Å². The lowest BCUT2D eigenvalue weighted by Gasteiger charge is -2.36. The Labute approximate surface area is 174 Å². The number of rotatable bonds is 10. The normalized spacial score (nSPS) is 18.8. The van der Waals surface area contributed by atoms with E-state index in [2.05, 4.69) is 45.7 Å². The van der Waals surface area contributed by atoms with Crippen LogP contribution in [0.5, 0.6) is 0 Å². The quantitative estimate of drug-likeness (QED) is 0.610. The van der Waals surface area contributed by atoms with Gasteiger partial charge in [-0.2, -0.15) is 0 Å². The highest BCUT2D eigenvalue weighted by atomic mass is 16.2. The van der Waals surface area contributed by atoms with Gasteiger partial charge >= 0.3 is 0 Å². The van der Waals surface area contributed by atoms with Gasteiger partial charge in [0.2, 0.25) is 11.8 Å². The van der Waals surface area contributed by atoms with E-state index in [9.17, 15) is 9.59 Å². The monoisotopic (exact) mass is 398 g/mol. The van der Waals surface area contributed by atoms with Crippen molar-refractivity contribution in [2.45, 2.75) is 32.4 Å². The number of carbonyl (C=O) groups excluding carboxylic acids is 2. The summed E-state index contributed by atoms with van der Waals surface area (Å²) in [5, 5.41) is 2.82. The molecule has 0 unspecified atom stereocenters. The zero-order chi connectivity index (χ0) is 20.6. The van der Waals surface area contributed by atoms with E-state index in [1.807, 2.05) is 18.2 Å². The molecule has 2 aliphatic rings. The molecule has 0 radical (unpaired) electrons. The van der Waals surface area contributed by atoms with Crippen LogP contribution in [-0.4, -0.2) is 78.4 Å². The molecule has 6 nitrogen and oxygen atoms in total. The van der Waals surface area contributed by atoms with Crippen LogP contribution in [0.1, 0.15) is 25.3 Å². The first-order chi connectivity index (χ1) is 14.1. The second kappa shape index (κ2) is 10.6. The van der Waals surface area contributed by atoms with Gasteiger partial charge in [-0.05, 0) is 31.2 Å². The molecule has 6 heteroatoms. The number of amides is 2. The van der Waals surface area contributed by atoms with E-state index < -0.39 is 0 Å². The van der Waals surface area contributed by atoms with Crippen LogP contribution in [0.2, 0.25) is 0 Å². The van der Waals surface area contributed by atoms with Crippen LogP contribution in [0.25, 0.3) is 0 Å². The molecule has 0 bridgehead atoms. The molecule has 158 valence electrons. The SMILES string of the molecule is C=CCNC(=O)CN1CCN(CC(=O)N(Cc2ccccc2)[C@@H](C)C2CC2)CC1. The molecule has 1 saturated carbocycles. The van der Waals surface area contributed by atoms with Crippen molar-refractivity contribution in [1.29, 1.82) is 0 Å². The molecule has 0 spiro atoms. The first kappa shape index (κ1) is 21.5. The van der Waals surface area contributed by atoms with Crippen LogP contribution in [0.4, 0.5) is 0 Å². The lowest BCUT2D eigenvalue weighted by atomic mass is 10.1. The minimum Gasteiger partial charge on any atom is -0.352 e. The molecule has 3 rings (SSSR count). The number of carbonyl (C=O) groups is 2. The van der Waals surface area contributed by atoms with Crippen molar-refractivity contribution < 1.29 is 9.59 Å². The fourth-order valence-electron chi connectivity index (χ4n) is 3.91. The standard InChI is InChI=1S/C23H34N4O2/c1-3-11-24-22(28)17-25-12-14-26(15-13-25)18-23(29)27(19(2)21-9-10-21)16-20-7-5-4-6-8-20/h3-8,19,21H,1,9-18H2,2H3,(H,24,28)/t19-/m0/s1. The molecule has 29 heavy (non-hydrogen) atoms. The highest BCUT2D eigenvalue weighted by Crippen LogP contribution is 2.35. The molecule has 1 aliphatic heterocycles. The molecular weight excluding hydrogens is 364 g/mol. The highest BCUT2D eigenvalue weighted by molar-refractivity contribution is 5.79. The number of hydrogen-bond donors (Lipinski definition) is 1. The minimum atomic E-state index is 0.0294. The lowest BCUT2D eigenvalue weighted by Crippen LogP contribution is -2.52. The number of nitrogens with one attached hydrogen (secondary N) is 1. The molecular formula is C23H34N4O2. The van der Waals surface area contributed by atoms with E-state index >= 15 is 0 Å². The maximum absolute atomic E-state index is 13.2. The van der Waals surface area contributed by atoms with Gasteiger partial charge in [0.1, 0.15) is 0 Å². The molecule has 1 N–H and O–H groups in total. The van der Waals surface area contributed by atoms with E-state index in [0.717, 1.165) is 26.2 Å². The van der Waals surface area contributed by atoms with Gasteiger partial charge in [-0.15, -0.1) is 6.58 Å². The summed E-state index contributed by atoms with van der Waals surface area (Å²) in [6.45, 7) is 11.1. The van der Waals surface area contributed by atoms with Crippen LogP contribution in [-0.2, 0) is 16.1 Å². The van der Waals surface area contributed by atoms with Gasteiger partial charge in [-0.25, -0.2) is 0 Å². The zero-order valence-corrected chi connectivity index (χ0v) is 17.6. The van der Waals surface area contributed by atoms with Crippen molar-refractivity contribution in [3.05, 3.63) is 48.6 Å². The van der Waals surface area contributed by atoms with Gasteiger partial charge in [-0.1, -0.05) is 36.4 Å². The van der Waals surface area contributed by atoms with Gasteiger partial charge in [0.25, 0.3) is 0 Å². The lowest BCUT2D eigenvalue weighted by molar-refractivity contribution is -0.136. The summed E-state index contributed by atoms with van der Waals surface area (Å²) in [5.41, 5.74) is 1.18. The molecule has 1 saturated heterocycles. The minimum absolute atomic E-state index is 0.0294. The second-order valence-electron chi connectivity index (χ2n) is 8.23. The molecule has 1 atom stereocenters. The summed E-state index contributed by atoms with van der Waals surface area (Å²) in [5.74, 6) is 0.890. The van der Waals surface area contributed by atoms with Gasteiger partial charge in [0.05, 0.1) is 13.1 Å². The summed E-state index contributed by atoms with van der Waals surface area (Å²) in [4.78, 5) is 31.5. The zero-order valence-electron chi connectivity index (χ0n) is 17.6. The van der Waals surface area contributed by atoms with Gasteiger partial charge in [0, 0.05) is 45.3 Å². The summed E-state index contributed by atoms with van der Waals surface area (Å²) in [6.07, 6.45) is 4.14. The smallest absolute Gasteiger partial charge is 0.237 e. The van der Waals surface area contributed by atoms with Crippen molar-refractivity contribution in [2.75, 3.05) is 45.8 Å². The van der Waals surface area contributed by atoms with Crippen molar-refractivity contribution in [3.63, 3.8) is 0 Å². The Morgan fingerprint density at radius 2 is 1.76 bits per heavy atom. The number of hydrogen-bond acceptors (Lipinski definition) is 4. The molecule has 1 aromatic carbocycles. The highest BCUT2D eigenvalue weighted by Gasteiger charge is 2.35. The Morgan fingerprint density at radius 1 is 1.14 bits per heavy atom. The first-order valence-electron chi connectivity index (χ1n) is 10.7. The predicted molar refractivity (Wildman–Crippen MR) is 115 cm³/mol. The third kappa shape index (κ3) is 6.68. The van der Waals surface area contributed by atoms with Crippen molar-refractivity contribution in [3.8, 4) is 0 Å². The average molecular weight is 399 g/mol. The van der Waals surface area contributed by atoms with Crippen LogP contribution in [0.3, 0.4) is 0 Å². The molecule has 0 aromatic heterocycles. The Kier molecular flexibility index (Phi) is 7.83. The number of nitrogens with zero attached hydrogens (tertiary/aromatic N) is 3. The fourth-order valence-corrected chi connectivity index (χ4v) is 3.91. The van der Waals surface area contributed by atoms with E-state index in [1.165, 1.54) is 18.4 Å². The van der Waals surface area contributed by atoms with E-state index in [4.69, 9.17) is 0 Å². The summed E-state index contributed by atoms with van der Waals surface area (Å²) < 4.78 is 0. The molecule has 1 aromatic rings. The summed E-state index contributed by atoms with van der Waals surface area (Å²) in [6, 6.07) is 10.6. The van der Waals surface area contributed by atoms with Crippen molar-refractivity contribution >= 4 is 11.8 Å². The van der Waals surface area contributed by atoms with Crippen LogP contribution in [0.15, 0.2) is 43.0 Å². The average Bonchev–Trinajstić information content (AvgIpc) is 3.57. The topological polar surface area (TPSA) is 55.9 Å². The fraction of sp³-hybridized carbons (Fsp3) is 0.565. The van der Waals surface area contributed by atoms with Crippen LogP contribution < -0.4 is 5.32 Å². The number of benzene rings is 1. The van der Waals surface area contributed by atoms with Gasteiger partial charge in [-0.3, -0.25) is 19.4 Å². The van der Waals surface area contributed by atoms with Crippen LogP contribution in [0, 0.1) is 5.92 Å². The molecule has 1 aliphatic carbocycles. The third-order valence-corrected chi connectivity index (χ3v) is 5.95. The van der Waals surface area contributed by atoms with Crippen molar-refractivity contribution in [1.82, 2.24) is 20.0 Å². The Balaban J connectivity index is 1.49. The maximum atomic E-state index is 13.2. The summed E-state index contributed by atoms with van der Waals surface area (Å²) in [7, 11) is 0. The van der Waals surface area contributed by atoms with E-state index in [-0.39, 0.29) is 17.9 Å². The Bertz CT molecular complexity index is 681. The molecule has 2 fully saturated rings. The molecule has 1 heterocycles. The first-order valence-corrected chi connectivity index (χ1v) is 10.7. The van der Waals surface area contributed by atoms with E-state index in [1.54, 1.807) is 6.08 Å². The third-order valence-electron chi connectivity index (χ3n) is 5.95. The van der Waals surface area contributed by atoms with Gasteiger partial charge in [0.15, 0.2) is 0 Å². The van der Waals surface area contributed by atoms with Crippen LogP contribution >= 0.6 is 0 Å².